The van der Waals surface area contributed by atoms with Gasteiger partial charge in [0.1, 0.15) is 0 Å². The molecule has 0 saturated heterocycles. The highest BCUT2D eigenvalue weighted by Crippen LogP contribution is 2.28. The van der Waals surface area contributed by atoms with E-state index in [-0.39, 0.29) is 0 Å². The average molecular weight is 172 g/mol. The van der Waals surface area contributed by atoms with Crippen LogP contribution in [0.3, 0.4) is 0 Å². The van der Waals surface area contributed by atoms with Crippen molar-refractivity contribution in [2.75, 3.05) is 0 Å². The van der Waals surface area contributed by atoms with Crippen molar-refractivity contribution in [3.63, 3.8) is 0 Å². The van der Waals surface area contributed by atoms with Crippen molar-refractivity contribution < 1.29 is 4.79 Å². The SMILES string of the molecule is O=C=Nc1[c]ccc2c1CCCC2. The molecular formula is C11H10NO. The molecule has 0 fully saturated rings. The predicted octanol–water partition coefficient (Wildman–Crippen LogP) is 2.33. The van der Waals surface area contributed by atoms with Gasteiger partial charge in [-0.3, -0.25) is 0 Å². The van der Waals surface area contributed by atoms with Crippen LogP contribution in [0.5, 0.6) is 0 Å². The Balaban J connectivity index is 2.51. The standard InChI is InChI=1S/C11H10NO/c13-8-12-11-7-3-5-9-4-1-2-6-10(9)11/h3,5H,1-2,4,6H2. The third-order valence-electron chi connectivity index (χ3n) is 2.46. The number of carbonyl (C=O) groups excluding carboxylic acids is 1. The van der Waals surface area contributed by atoms with Gasteiger partial charge in [0.05, 0.1) is 5.69 Å². The van der Waals surface area contributed by atoms with E-state index in [1.807, 2.05) is 6.07 Å². The number of fused-ring (bicyclic) bond motifs is 1. The van der Waals surface area contributed by atoms with Crippen molar-refractivity contribution in [2.45, 2.75) is 25.7 Å². The molecule has 0 saturated carbocycles. The molecule has 2 heteroatoms. The second kappa shape index (κ2) is 3.55. The van der Waals surface area contributed by atoms with Gasteiger partial charge in [0, 0.05) is 6.07 Å². The summed E-state index contributed by atoms with van der Waals surface area (Å²) in [4.78, 5) is 13.8. The van der Waals surface area contributed by atoms with Gasteiger partial charge in [-0.05, 0) is 36.8 Å². The van der Waals surface area contributed by atoms with Gasteiger partial charge < -0.3 is 0 Å². The van der Waals surface area contributed by atoms with Crippen LogP contribution in [0.15, 0.2) is 17.1 Å². The minimum absolute atomic E-state index is 0.687. The summed E-state index contributed by atoms with van der Waals surface area (Å²) >= 11 is 0. The fraction of sp³-hybridized carbons (Fsp3) is 0.364. The third-order valence-corrected chi connectivity index (χ3v) is 2.46. The Morgan fingerprint density at radius 1 is 1.38 bits per heavy atom. The molecular weight excluding hydrogens is 162 g/mol. The Morgan fingerprint density at radius 3 is 3.08 bits per heavy atom. The summed E-state index contributed by atoms with van der Waals surface area (Å²) < 4.78 is 0. The van der Waals surface area contributed by atoms with Crippen LogP contribution in [-0.2, 0) is 17.6 Å². The van der Waals surface area contributed by atoms with Crippen LogP contribution in [0, 0.1) is 6.07 Å². The maximum atomic E-state index is 10.1. The summed E-state index contributed by atoms with van der Waals surface area (Å²) in [6, 6.07) is 6.87. The summed E-state index contributed by atoms with van der Waals surface area (Å²) in [5.74, 6) is 0. The fourth-order valence-electron chi connectivity index (χ4n) is 1.84. The molecule has 0 atom stereocenters. The third kappa shape index (κ3) is 1.53. The maximum absolute atomic E-state index is 10.1. The molecule has 0 aromatic heterocycles. The van der Waals surface area contributed by atoms with Gasteiger partial charge in [-0.2, -0.15) is 4.99 Å². The Labute approximate surface area is 77.3 Å². The molecule has 0 amide bonds. The molecule has 0 unspecified atom stereocenters. The second-order valence-electron chi connectivity index (χ2n) is 3.24. The van der Waals surface area contributed by atoms with Crippen molar-refractivity contribution in [2.24, 2.45) is 4.99 Å². The summed E-state index contributed by atoms with van der Waals surface area (Å²) in [7, 11) is 0. The largest absolute Gasteiger partial charge is 0.240 e. The van der Waals surface area contributed by atoms with E-state index < -0.39 is 0 Å². The molecule has 0 heterocycles. The molecule has 0 aliphatic heterocycles. The van der Waals surface area contributed by atoms with Gasteiger partial charge in [0.25, 0.3) is 0 Å². The minimum Gasteiger partial charge on any atom is -0.211 e. The Morgan fingerprint density at radius 2 is 2.23 bits per heavy atom. The molecule has 2 rings (SSSR count). The molecule has 1 aliphatic carbocycles. The summed E-state index contributed by atoms with van der Waals surface area (Å²) in [6.45, 7) is 0. The van der Waals surface area contributed by atoms with Gasteiger partial charge in [-0.1, -0.05) is 12.1 Å². The fourth-order valence-corrected chi connectivity index (χ4v) is 1.84. The van der Waals surface area contributed by atoms with E-state index in [0.29, 0.717) is 5.69 Å². The van der Waals surface area contributed by atoms with Crippen LogP contribution in [0.1, 0.15) is 24.0 Å². The van der Waals surface area contributed by atoms with Crippen LogP contribution < -0.4 is 0 Å². The topological polar surface area (TPSA) is 29.4 Å². The van der Waals surface area contributed by atoms with Crippen LogP contribution >= 0.6 is 0 Å². The minimum atomic E-state index is 0.687. The van der Waals surface area contributed by atoms with E-state index in [1.54, 1.807) is 6.08 Å². The first-order valence-corrected chi connectivity index (χ1v) is 4.52. The lowest BCUT2D eigenvalue weighted by Gasteiger charge is -2.15. The number of isocyanates is 1. The van der Waals surface area contributed by atoms with E-state index in [4.69, 9.17) is 0 Å². The van der Waals surface area contributed by atoms with E-state index in [2.05, 4.69) is 17.1 Å². The predicted molar refractivity (Wildman–Crippen MR) is 49.7 cm³/mol. The van der Waals surface area contributed by atoms with Crippen LogP contribution in [-0.4, -0.2) is 6.08 Å². The number of aryl methyl sites for hydroxylation is 1. The Bertz CT molecular complexity index is 364. The van der Waals surface area contributed by atoms with Gasteiger partial charge in [0.15, 0.2) is 0 Å². The first-order valence-electron chi connectivity index (χ1n) is 4.52. The number of hydrogen-bond donors (Lipinski definition) is 0. The average Bonchev–Trinajstić information content (AvgIpc) is 2.19. The van der Waals surface area contributed by atoms with Gasteiger partial charge in [0.2, 0.25) is 6.08 Å². The Kier molecular flexibility index (Phi) is 2.24. The normalized spacial score (nSPS) is 14.5. The molecule has 65 valence electrons. The molecule has 0 N–H and O–H groups in total. The molecule has 0 bridgehead atoms. The molecule has 2 nitrogen and oxygen atoms in total. The van der Waals surface area contributed by atoms with Crippen LogP contribution in [0.4, 0.5) is 5.69 Å². The molecule has 1 aromatic carbocycles. The van der Waals surface area contributed by atoms with Crippen LogP contribution in [0.2, 0.25) is 0 Å². The number of rotatable bonds is 1. The van der Waals surface area contributed by atoms with Crippen LogP contribution in [0.25, 0.3) is 0 Å². The number of benzene rings is 1. The van der Waals surface area contributed by atoms with Crippen molar-refractivity contribution in [3.05, 3.63) is 29.3 Å². The lowest BCUT2D eigenvalue weighted by Crippen LogP contribution is -2.02. The first kappa shape index (κ1) is 8.21. The van der Waals surface area contributed by atoms with E-state index in [9.17, 15) is 4.79 Å². The highest BCUT2D eigenvalue weighted by atomic mass is 16.1. The quantitative estimate of drug-likeness (QED) is 0.472. The number of hydrogen-bond acceptors (Lipinski definition) is 2. The zero-order valence-corrected chi connectivity index (χ0v) is 7.34. The molecule has 13 heavy (non-hydrogen) atoms. The van der Waals surface area contributed by atoms with E-state index >= 15 is 0 Å². The molecule has 1 aliphatic rings. The van der Waals surface area contributed by atoms with Gasteiger partial charge >= 0.3 is 0 Å². The number of aliphatic imine (C=N–C) groups is 1. The zero-order valence-electron chi connectivity index (χ0n) is 7.34. The molecule has 1 radical (unpaired) electrons. The molecule has 1 aromatic rings. The molecule has 0 spiro atoms. The smallest absolute Gasteiger partial charge is 0.211 e. The monoisotopic (exact) mass is 172 g/mol. The Hall–Kier alpha value is -1.40. The number of nitrogens with zero attached hydrogens (tertiary/aromatic N) is 1. The van der Waals surface area contributed by atoms with Crippen molar-refractivity contribution in [3.8, 4) is 0 Å². The zero-order chi connectivity index (χ0) is 9.10. The second-order valence-corrected chi connectivity index (χ2v) is 3.24. The lowest BCUT2D eigenvalue weighted by molar-refractivity contribution is 0.565. The van der Waals surface area contributed by atoms with Gasteiger partial charge in [-0.15, -0.1) is 0 Å². The lowest BCUT2D eigenvalue weighted by atomic mass is 9.91. The highest BCUT2D eigenvalue weighted by molar-refractivity contribution is 5.56. The van der Waals surface area contributed by atoms with Gasteiger partial charge in [-0.25, -0.2) is 4.79 Å². The highest BCUT2D eigenvalue weighted by Gasteiger charge is 2.12. The van der Waals surface area contributed by atoms with Crippen molar-refractivity contribution in [1.29, 1.82) is 0 Å². The summed E-state index contributed by atoms with van der Waals surface area (Å²) in [6.07, 6.45) is 6.13. The van der Waals surface area contributed by atoms with E-state index in [1.165, 1.54) is 24.0 Å². The van der Waals surface area contributed by atoms with E-state index in [0.717, 1.165) is 12.8 Å². The van der Waals surface area contributed by atoms with Crippen molar-refractivity contribution >= 4 is 11.8 Å². The van der Waals surface area contributed by atoms with Crippen molar-refractivity contribution in [1.82, 2.24) is 0 Å². The summed E-state index contributed by atoms with van der Waals surface area (Å²) in [5, 5.41) is 0. The maximum Gasteiger partial charge on any atom is 0.240 e. The summed E-state index contributed by atoms with van der Waals surface area (Å²) in [5.41, 5.74) is 3.20. The first-order chi connectivity index (χ1) is 6.42.